The van der Waals surface area contributed by atoms with E-state index in [9.17, 15) is 0 Å². The van der Waals surface area contributed by atoms with Crippen LogP contribution in [-0.2, 0) is 12.8 Å². The summed E-state index contributed by atoms with van der Waals surface area (Å²) in [5.41, 5.74) is 2.54. The molecule has 0 spiro atoms. The van der Waals surface area contributed by atoms with Crippen LogP contribution in [0.4, 0.5) is 0 Å². The number of rotatable bonds is 6. The molecule has 0 fully saturated rings. The molecule has 2 aromatic rings. The fourth-order valence-electron chi connectivity index (χ4n) is 1.98. The second kappa shape index (κ2) is 6.24. The fraction of sp³-hybridized carbons (Fsp3) is 0.400. The SMILES string of the molecule is CCCCCc1ncc(Cc2ccccc2)[nH]1. The van der Waals surface area contributed by atoms with Gasteiger partial charge in [-0.2, -0.15) is 0 Å². The van der Waals surface area contributed by atoms with Crippen molar-refractivity contribution in [1.82, 2.24) is 9.97 Å². The molecule has 0 radical (unpaired) electrons. The minimum atomic E-state index is 0.946. The molecule has 0 bridgehead atoms. The van der Waals surface area contributed by atoms with E-state index in [0.29, 0.717) is 0 Å². The molecule has 0 aliphatic carbocycles. The first-order chi connectivity index (χ1) is 8.38. The third-order valence-electron chi connectivity index (χ3n) is 2.94. The highest BCUT2D eigenvalue weighted by atomic mass is 14.9. The number of hydrogen-bond acceptors (Lipinski definition) is 1. The van der Waals surface area contributed by atoms with Crippen molar-refractivity contribution in [2.45, 2.75) is 39.0 Å². The number of aryl methyl sites for hydroxylation is 1. The number of aromatic amines is 1. The van der Waals surface area contributed by atoms with E-state index in [-0.39, 0.29) is 0 Å². The molecular weight excluding hydrogens is 208 g/mol. The molecule has 1 aromatic carbocycles. The van der Waals surface area contributed by atoms with Crippen LogP contribution < -0.4 is 0 Å². The van der Waals surface area contributed by atoms with Crippen LogP contribution in [0.5, 0.6) is 0 Å². The monoisotopic (exact) mass is 228 g/mol. The van der Waals surface area contributed by atoms with Crippen LogP contribution in [0.2, 0.25) is 0 Å². The van der Waals surface area contributed by atoms with Crippen molar-refractivity contribution in [1.29, 1.82) is 0 Å². The Morgan fingerprint density at radius 1 is 1.12 bits per heavy atom. The molecule has 1 heterocycles. The van der Waals surface area contributed by atoms with E-state index in [1.807, 2.05) is 12.3 Å². The van der Waals surface area contributed by atoms with Crippen LogP contribution in [0, 0.1) is 0 Å². The van der Waals surface area contributed by atoms with Gasteiger partial charge in [0.05, 0.1) is 0 Å². The minimum absolute atomic E-state index is 0.946. The number of H-pyrrole nitrogens is 1. The summed E-state index contributed by atoms with van der Waals surface area (Å²) in [4.78, 5) is 7.84. The van der Waals surface area contributed by atoms with Gasteiger partial charge in [0.1, 0.15) is 5.82 Å². The molecule has 17 heavy (non-hydrogen) atoms. The van der Waals surface area contributed by atoms with E-state index >= 15 is 0 Å². The zero-order valence-electron chi connectivity index (χ0n) is 10.4. The van der Waals surface area contributed by atoms with Crippen molar-refractivity contribution in [3.05, 3.63) is 53.6 Å². The van der Waals surface area contributed by atoms with Crippen molar-refractivity contribution in [2.75, 3.05) is 0 Å². The average molecular weight is 228 g/mol. The molecule has 0 aliphatic rings. The first-order valence-corrected chi connectivity index (χ1v) is 6.45. The molecule has 0 amide bonds. The van der Waals surface area contributed by atoms with E-state index in [4.69, 9.17) is 0 Å². The predicted octanol–water partition coefficient (Wildman–Crippen LogP) is 3.73. The first kappa shape index (κ1) is 11.9. The summed E-state index contributed by atoms with van der Waals surface area (Å²) >= 11 is 0. The van der Waals surface area contributed by atoms with E-state index in [1.54, 1.807) is 0 Å². The number of aromatic nitrogens is 2. The number of imidazole rings is 1. The average Bonchev–Trinajstić information content (AvgIpc) is 2.79. The number of benzene rings is 1. The smallest absolute Gasteiger partial charge is 0.106 e. The summed E-state index contributed by atoms with van der Waals surface area (Å²) in [5.74, 6) is 1.13. The van der Waals surface area contributed by atoms with Crippen molar-refractivity contribution in [3.8, 4) is 0 Å². The molecule has 0 atom stereocenters. The zero-order chi connectivity index (χ0) is 11.9. The van der Waals surface area contributed by atoms with Gasteiger partial charge >= 0.3 is 0 Å². The maximum atomic E-state index is 4.43. The van der Waals surface area contributed by atoms with Gasteiger partial charge < -0.3 is 4.98 Å². The molecule has 90 valence electrons. The lowest BCUT2D eigenvalue weighted by Crippen LogP contribution is -1.90. The van der Waals surface area contributed by atoms with Crippen molar-refractivity contribution in [2.24, 2.45) is 0 Å². The summed E-state index contributed by atoms with van der Waals surface area (Å²) in [6.45, 7) is 2.23. The summed E-state index contributed by atoms with van der Waals surface area (Å²) in [6.07, 6.45) is 7.76. The van der Waals surface area contributed by atoms with Crippen molar-refractivity contribution < 1.29 is 0 Å². The molecule has 0 aliphatic heterocycles. The first-order valence-electron chi connectivity index (χ1n) is 6.45. The topological polar surface area (TPSA) is 28.7 Å². The van der Waals surface area contributed by atoms with Gasteiger partial charge in [0.2, 0.25) is 0 Å². The van der Waals surface area contributed by atoms with Gasteiger partial charge in [-0.1, -0.05) is 50.1 Å². The van der Waals surface area contributed by atoms with Gasteiger partial charge in [-0.25, -0.2) is 4.98 Å². The van der Waals surface area contributed by atoms with Gasteiger partial charge in [-0.3, -0.25) is 0 Å². The molecule has 0 unspecified atom stereocenters. The quantitative estimate of drug-likeness (QED) is 0.750. The van der Waals surface area contributed by atoms with Gasteiger partial charge in [0, 0.05) is 24.7 Å². The Kier molecular flexibility index (Phi) is 4.37. The normalized spacial score (nSPS) is 10.6. The lowest BCUT2D eigenvalue weighted by molar-refractivity contribution is 0.698. The Morgan fingerprint density at radius 2 is 1.94 bits per heavy atom. The van der Waals surface area contributed by atoms with E-state index in [0.717, 1.165) is 18.7 Å². The summed E-state index contributed by atoms with van der Waals surface area (Å²) in [5, 5.41) is 0. The maximum absolute atomic E-state index is 4.43. The Hall–Kier alpha value is -1.57. The van der Waals surface area contributed by atoms with Crippen LogP contribution in [0.3, 0.4) is 0 Å². The Balaban J connectivity index is 1.90. The van der Waals surface area contributed by atoms with E-state index in [2.05, 4.69) is 41.2 Å². The highest BCUT2D eigenvalue weighted by Gasteiger charge is 2.01. The standard InChI is InChI=1S/C15H20N2/c1-2-3-5-10-15-16-12-14(17-15)11-13-8-6-4-7-9-13/h4,6-9,12H,2-3,5,10-11H2,1H3,(H,16,17). The number of hydrogen-bond donors (Lipinski definition) is 1. The van der Waals surface area contributed by atoms with Gasteiger partial charge in [-0.15, -0.1) is 0 Å². The van der Waals surface area contributed by atoms with Crippen LogP contribution >= 0.6 is 0 Å². The molecule has 2 rings (SSSR count). The summed E-state index contributed by atoms with van der Waals surface area (Å²) in [7, 11) is 0. The van der Waals surface area contributed by atoms with Crippen LogP contribution in [0.25, 0.3) is 0 Å². The molecule has 2 nitrogen and oxygen atoms in total. The van der Waals surface area contributed by atoms with Crippen LogP contribution in [0.15, 0.2) is 36.5 Å². The maximum Gasteiger partial charge on any atom is 0.106 e. The van der Waals surface area contributed by atoms with Crippen molar-refractivity contribution in [3.63, 3.8) is 0 Å². The molecule has 1 N–H and O–H groups in total. The van der Waals surface area contributed by atoms with Gasteiger partial charge in [0.15, 0.2) is 0 Å². The largest absolute Gasteiger partial charge is 0.346 e. The number of nitrogens with zero attached hydrogens (tertiary/aromatic N) is 1. The number of unbranched alkanes of at least 4 members (excludes halogenated alkanes) is 2. The van der Waals surface area contributed by atoms with Crippen LogP contribution in [-0.4, -0.2) is 9.97 Å². The predicted molar refractivity (Wildman–Crippen MR) is 71.1 cm³/mol. The van der Waals surface area contributed by atoms with E-state index < -0.39 is 0 Å². The third kappa shape index (κ3) is 3.74. The molecule has 0 saturated heterocycles. The molecule has 2 heteroatoms. The molecule has 1 aromatic heterocycles. The lowest BCUT2D eigenvalue weighted by atomic mass is 10.1. The second-order valence-electron chi connectivity index (χ2n) is 4.47. The fourth-order valence-corrected chi connectivity index (χ4v) is 1.98. The second-order valence-corrected chi connectivity index (χ2v) is 4.47. The highest BCUT2D eigenvalue weighted by Crippen LogP contribution is 2.09. The lowest BCUT2D eigenvalue weighted by Gasteiger charge is -1.98. The van der Waals surface area contributed by atoms with Crippen molar-refractivity contribution >= 4 is 0 Å². The Bertz CT molecular complexity index is 431. The summed E-state index contributed by atoms with van der Waals surface area (Å²) in [6, 6.07) is 10.5. The minimum Gasteiger partial charge on any atom is -0.346 e. The van der Waals surface area contributed by atoms with Crippen LogP contribution in [0.1, 0.15) is 43.3 Å². The highest BCUT2D eigenvalue weighted by molar-refractivity contribution is 5.20. The van der Waals surface area contributed by atoms with E-state index in [1.165, 1.54) is 30.5 Å². The van der Waals surface area contributed by atoms with Gasteiger partial charge in [0.25, 0.3) is 0 Å². The van der Waals surface area contributed by atoms with Gasteiger partial charge in [-0.05, 0) is 12.0 Å². The summed E-state index contributed by atoms with van der Waals surface area (Å²) < 4.78 is 0. The Morgan fingerprint density at radius 3 is 2.71 bits per heavy atom. The third-order valence-corrected chi connectivity index (χ3v) is 2.94. The molecular formula is C15H20N2. The zero-order valence-corrected chi connectivity index (χ0v) is 10.4. The Labute approximate surface area is 103 Å². The molecule has 0 saturated carbocycles. The number of nitrogens with one attached hydrogen (secondary N) is 1.